The van der Waals surface area contributed by atoms with Crippen molar-refractivity contribution in [1.82, 2.24) is 5.32 Å². The van der Waals surface area contributed by atoms with E-state index in [2.05, 4.69) is 5.32 Å². The zero-order valence-electron chi connectivity index (χ0n) is 9.56. The second-order valence-electron chi connectivity index (χ2n) is 3.98. The van der Waals surface area contributed by atoms with Crippen molar-refractivity contribution in [2.75, 3.05) is 6.61 Å². The molecule has 90 valence electrons. The fourth-order valence-corrected chi connectivity index (χ4v) is 1.27. The second-order valence-corrected chi connectivity index (χ2v) is 3.98. The first kappa shape index (κ1) is 12.7. The molecule has 1 rings (SSSR count). The minimum absolute atomic E-state index is 0.0894. The van der Waals surface area contributed by atoms with Gasteiger partial charge >= 0.3 is 0 Å². The summed E-state index contributed by atoms with van der Waals surface area (Å²) < 4.78 is 5.20. The minimum Gasteiger partial charge on any atom is -0.455 e. The third-order valence-electron chi connectivity index (χ3n) is 2.40. The highest BCUT2D eigenvalue weighted by Crippen LogP contribution is 2.08. The third-order valence-corrected chi connectivity index (χ3v) is 2.40. The maximum absolute atomic E-state index is 11.7. The number of hydrogen-bond donors (Lipinski definition) is 3. The zero-order valence-corrected chi connectivity index (χ0v) is 9.56. The van der Waals surface area contributed by atoms with Gasteiger partial charge in [0.2, 0.25) is 0 Å². The Bertz CT molecular complexity index is 347. The van der Waals surface area contributed by atoms with Crippen LogP contribution in [0.15, 0.2) is 16.5 Å². The standard InChI is InChI=1S/C11H18N2O3/c1-7(2)9(6-14)13-11(15)10-4-3-8(5-12)16-10/h3-4,7,9,14H,5-6,12H2,1-2H3,(H,13,15)/t9-/m1/s1. The number of carbonyl (C=O) groups is 1. The largest absolute Gasteiger partial charge is 0.455 e. The van der Waals surface area contributed by atoms with Gasteiger partial charge < -0.3 is 20.6 Å². The van der Waals surface area contributed by atoms with E-state index in [-0.39, 0.29) is 36.8 Å². The van der Waals surface area contributed by atoms with E-state index in [1.807, 2.05) is 13.8 Å². The Kier molecular flexibility index (Phi) is 4.52. The molecule has 4 N–H and O–H groups in total. The van der Waals surface area contributed by atoms with Gasteiger partial charge in [-0.25, -0.2) is 0 Å². The van der Waals surface area contributed by atoms with Crippen molar-refractivity contribution < 1.29 is 14.3 Å². The van der Waals surface area contributed by atoms with Crippen molar-refractivity contribution in [2.45, 2.75) is 26.4 Å². The molecule has 5 heteroatoms. The smallest absolute Gasteiger partial charge is 0.287 e. The molecule has 16 heavy (non-hydrogen) atoms. The van der Waals surface area contributed by atoms with E-state index in [0.29, 0.717) is 5.76 Å². The van der Waals surface area contributed by atoms with E-state index in [0.717, 1.165) is 0 Å². The van der Waals surface area contributed by atoms with Gasteiger partial charge in [0, 0.05) is 0 Å². The van der Waals surface area contributed by atoms with Crippen LogP contribution in [0.25, 0.3) is 0 Å². The summed E-state index contributed by atoms with van der Waals surface area (Å²) in [7, 11) is 0. The summed E-state index contributed by atoms with van der Waals surface area (Å²) >= 11 is 0. The van der Waals surface area contributed by atoms with Crippen LogP contribution < -0.4 is 11.1 Å². The molecule has 1 aromatic heterocycles. The van der Waals surface area contributed by atoms with Crippen LogP contribution >= 0.6 is 0 Å². The molecule has 0 saturated carbocycles. The molecule has 1 amide bonds. The molecule has 0 fully saturated rings. The topological polar surface area (TPSA) is 88.5 Å². The molecule has 0 aromatic carbocycles. The van der Waals surface area contributed by atoms with Crippen LogP contribution in [0.2, 0.25) is 0 Å². The van der Waals surface area contributed by atoms with Gasteiger partial charge in [-0.05, 0) is 18.1 Å². The molecule has 0 saturated heterocycles. The Morgan fingerprint density at radius 1 is 1.56 bits per heavy atom. The van der Waals surface area contributed by atoms with Crippen LogP contribution in [-0.2, 0) is 6.54 Å². The van der Waals surface area contributed by atoms with Gasteiger partial charge in [-0.2, -0.15) is 0 Å². The molecule has 0 unspecified atom stereocenters. The lowest BCUT2D eigenvalue weighted by molar-refractivity contribution is 0.0867. The quantitative estimate of drug-likeness (QED) is 0.681. The van der Waals surface area contributed by atoms with Crippen molar-refractivity contribution in [3.63, 3.8) is 0 Å². The van der Waals surface area contributed by atoms with E-state index in [1.165, 1.54) is 0 Å². The SMILES string of the molecule is CC(C)[C@@H](CO)NC(=O)c1ccc(CN)o1. The fraction of sp³-hybridized carbons (Fsp3) is 0.545. The number of hydrogen-bond acceptors (Lipinski definition) is 4. The molecule has 0 bridgehead atoms. The summed E-state index contributed by atoms with van der Waals surface area (Å²) in [6.07, 6.45) is 0. The van der Waals surface area contributed by atoms with Gasteiger partial charge in [-0.3, -0.25) is 4.79 Å². The highest BCUT2D eigenvalue weighted by Gasteiger charge is 2.18. The predicted octanol–water partition coefficient (Wildman–Crippen LogP) is 0.485. The number of amides is 1. The van der Waals surface area contributed by atoms with Crippen LogP contribution in [-0.4, -0.2) is 23.7 Å². The first-order chi connectivity index (χ1) is 7.58. The van der Waals surface area contributed by atoms with Gasteiger partial charge in [-0.15, -0.1) is 0 Å². The number of nitrogens with two attached hydrogens (primary N) is 1. The maximum Gasteiger partial charge on any atom is 0.287 e. The fourth-order valence-electron chi connectivity index (χ4n) is 1.27. The normalized spacial score (nSPS) is 12.8. The number of nitrogens with one attached hydrogen (secondary N) is 1. The van der Waals surface area contributed by atoms with E-state index >= 15 is 0 Å². The van der Waals surface area contributed by atoms with Gasteiger partial charge in [0.15, 0.2) is 5.76 Å². The zero-order chi connectivity index (χ0) is 12.1. The number of aliphatic hydroxyl groups excluding tert-OH is 1. The highest BCUT2D eigenvalue weighted by atomic mass is 16.4. The van der Waals surface area contributed by atoms with Crippen LogP contribution in [0.5, 0.6) is 0 Å². The van der Waals surface area contributed by atoms with Gasteiger partial charge in [-0.1, -0.05) is 13.8 Å². The van der Waals surface area contributed by atoms with Gasteiger partial charge in [0.1, 0.15) is 5.76 Å². The molecule has 1 aromatic rings. The average Bonchev–Trinajstić information content (AvgIpc) is 2.73. The lowest BCUT2D eigenvalue weighted by Gasteiger charge is -2.18. The van der Waals surface area contributed by atoms with E-state index < -0.39 is 0 Å². The summed E-state index contributed by atoms with van der Waals surface area (Å²) in [4.78, 5) is 11.7. The maximum atomic E-state index is 11.7. The summed E-state index contributed by atoms with van der Waals surface area (Å²) in [5, 5.41) is 11.8. The summed E-state index contributed by atoms with van der Waals surface area (Å²) in [6.45, 7) is 4.03. The number of rotatable bonds is 5. The summed E-state index contributed by atoms with van der Waals surface area (Å²) in [6, 6.07) is 2.98. The third kappa shape index (κ3) is 3.08. The minimum atomic E-state index is -0.326. The van der Waals surface area contributed by atoms with Gasteiger partial charge in [0.25, 0.3) is 5.91 Å². The predicted molar refractivity (Wildman–Crippen MR) is 59.8 cm³/mol. The molecule has 0 aliphatic rings. The molecule has 5 nitrogen and oxygen atoms in total. The van der Waals surface area contributed by atoms with Crippen molar-refractivity contribution in [2.24, 2.45) is 11.7 Å². The molecule has 0 aliphatic heterocycles. The first-order valence-electron chi connectivity index (χ1n) is 5.29. The second kappa shape index (κ2) is 5.67. The van der Waals surface area contributed by atoms with E-state index in [1.54, 1.807) is 12.1 Å². The Hall–Kier alpha value is -1.33. The van der Waals surface area contributed by atoms with E-state index in [4.69, 9.17) is 15.3 Å². The van der Waals surface area contributed by atoms with Crippen molar-refractivity contribution in [3.8, 4) is 0 Å². The molecular weight excluding hydrogens is 208 g/mol. The Morgan fingerprint density at radius 3 is 2.69 bits per heavy atom. The van der Waals surface area contributed by atoms with Crippen molar-refractivity contribution in [3.05, 3.63) is 23.7 Å². The Morgan fingerprint density at radius 2 is 2.25 bits per heavy atom. The Labute approximate surface area is 94.6 Å². The average molecular weight is 226 g/mol. The summed E-state index contributed by atoms with van der Waals surface area (Å²) in [5.74, 6) is 0.625. The number of aliphatic hydroxyl groups is 1. The lowest BCUT2D eigenvalue weighted by atomic mass is 10.1. The first-order valence-corrected chi connectivity index (χ1v) is 5.29. The molecule has 0 spiro atoms. The lowest BCUT2D eigenvalue weighted by Crippen LogP contribution is -2.41. The van der Waals surface area contributed by atoms with Crippen LogP contribution in [0.1, 0.15) is 30.2 Å². The van der Waals surface area contributed by atoms with E-state index in [9.17, 15) is 4.79 Å². The van der Waals surface area contributed by atoms with Crippen molar-refractivity contribution >= 4 is 5.91 Å². The molecule has 1 atom stereocenters. The van der Waals surface area contributed by atoms with Crippen LogP contribution in [0.4, 0.5) is 0 Å². The van der Waals surface area contributed by atoms with Crippen molar-refractivity contribution in [1.29, 1.82) is 0 Å². The Balaban J connectivity index is 2.64. The monoisotopic (exact) mass is 226 g/mol. The molecule has 1 heterocycles. The van der Waals surface area contributed by atoms with Crippen LogP contribution in [0.3, 0.4) is 0 Å². The number of carbonyl (C=O) groups excluding carboxylic acids is 1. The molecule has 0 aliphatic carbocycles. The molecule has 0 radical (unpaired) electrons. The van der Waals surface area contributed by atoms with Crippen LogP contribution in [0, 0.1) is 5.92 Å². The molecular formula is C11H18N2O3. The van der Waals surface area contributed by atoms with Gasteiger partial charge in [0.05, 0.1) is 19.2 Å². The summed E-state index contributed by atoms with van der Waals surface area (Å²) in [5.41, 5.74) is 5.37. The highest BCUT2D eigenvalue weighted by molar-refractivity contribution is 5.91. The number of furan rings is 1.